The Balaban J connectivity index is 1.42. The van der Waals surface area contributed by atoms with Crippen LogP contribution in [0.3, 0.4) is 0 Å². The highest BCUT2D eigenvalue weighted by molar-refractivity contribution is 6.00. The van der Waals surface area contributed by atoms with Gasteiger partial charge in [-0.25, -0.2) is 0 Å². The third-order valence-corrected chi connectivity index (χ3v) is 5.93. The van der Waals surface area contributed by atoms with E-state index in [2.05, 4.69) is 34.0 Å². The Morgan fingerprint density at radius 3 is 2.86 bits per heavy atom. The number of aromatic nitrogens is 2. The molecule has 0 unspecified atom stereocenters. The van der Waals surface area contributed by atoms with Crippen LogP contribution in [0.25, 0.3) is 10.9 Å². The van der Waals surface area contributed by atoms with Crippen molar-refractivity contribution in [3.05, 3.63) is 65.6 Å². The third kappa shape index (κ3) is 3.80. The van der Waals surface area contributed by atoms with Gasteiger partial charge in [0.05, 0.1) is 0 Å². The van der Waals surface area contributed by atoms with Crippen LogP contribution in [-0.4, -0.2) is 58.4 Å². The minimum absolute atomic E-state index is 0.122. The molecule has 1 aliphatic heterocycles. The molecular weight excluding hydrogens is 348 g/mol. The van der Waals surface area contributed by atoms with Gasteiger partial charge in [0.2, 0.25) is 0 Å². The van der Waals surface area contributed by atoms with Crippen LogP contribution < -0.4 is 0 Å². The summed E-state index contributed by atoms with van der Waals surface area (Å²) in [7, 11) is 2.16. The molecule has 28 heavy (non-hydrogen) atoms. The van der Waals surface area contributed by atoms with Gasteiger partial charge >= 0.3 is 0 Å². The largest absolute Gasteiger partial charge is 0.350 e. The average Bonchev–Trinajstić information content (AvgIpc) is 3.09. The molecule has 1 amide bonds. The maximum atomic E-state index is 13.2. The lowest BCUT2D eigenvalue weighted by Gasteiger charge is -2.37. The molecule has 0 aliphatic carbocycles. The Kier molecular flexibility index (Phi) is 5.44. The zero-order valence-electron chi connectivity index (χ0n) is 16.7. The quantitative estimate of drug-likeness (QED) is 0.739. The van der Waals surface area contributed by atoms with Crippen LogP contribution in [0.15, 0.2) is 48.7 Å². The predicted octanol–water partition coefficient (Wildman–Crippen LogP) is 3.65. The molecule has 1 fully saturated rings. The number of pyridine rings is 1. The normalized spacial score (nSPS) is 17.4. The molecule has 1 atom stereocenters. The molecule has 0 radical (unpaired) electrons. The minimum atomic E-state index is 0.122. The number of fused-ring (bicyclic) bond motifs is 1. The van der Waals surface area contributed by atoms with E-state index in [9.17, 15) is 4.79 Å². The standard InChI is InChI=1S/C23H28N4O/c1-17-20-10-3-4-11-21(20)25-22(17)23(28)27-14-7-9-19(16-27)26(2)15-12-18-8-5-6-13-24-18/h3-6,8,10-11,13,19,25H,7,9,12,14-16H2,1-2H3/t19-/m1/s1. The maximum absolute atomic E-state index is 13.2. The number of para-hydroxylation sites is 1. The number of carbonyl (C=O) groups excluding carboxylic acids is 1. The Morgan fingerprint density at radius 2 is 2.07 bits per heavy atom. The van der Waals surface area contributed by atoms with E-state index in [0.717, 1.165) is 66.8 Å². The van der Waals surface area contributed by atoms with Crippen LogP contribution in [0, 0.1) is 6.92 Å². The van der Waals surface area contributed by atoms with Gasteiger partial charge in [0.1, 0.15) is 5.69 Å². The second kappa shape index (κ2) is 8.15. The number of nitrogens with zero attached hydrogens (tertiary/aromatic N) is 3. The van der Waals surface area contributed by atoms with Crippen molar-refractivity contribution in [2.24, 2.45) is 0 Å². The van der Waals surface area contributed by atoms with Gasteiger partial charge in [-0.1, -0.05) is 24.3 Å². The van der Waals surface area contributed by atoms with Gasteiger partial charge < -0.3 is 14.8 Å². The first-order chi connectivity index (χ1) is 13.6. The van der Waals surface area contributed by atoms with Gasteiger partial charge in [-0.3, -0.25) is 9.78 Å². The molecule has 1 aliphatic rings. The smallest absolute Gasteiger partial charge is 0.270 e. The summed E-state index contributed by atoms with van der Waals surface area (Å²) in [5.74, 6) is 0.122. The zero-order valence-corrected chi connectivity index (χ0v) is 16.7. The highest BCUT2D eigenvalue weighted by Crippen LogP contribution is 2.24. The summed E-state index contributed by atoms with van der Waals surface area (Å²) in [6.07, 6.45) is 4.96. The maximum Gasteiger partial charge on any atom is 0.270 e. The van der Waals surface area contributed by atoms with E-state index in [1.54, 1.807) is 0 Å². The molecule has 1 saturated heterocycles. The van der Waals surface area contributed by atoms with Crippen molar-refractivity contribution < 1.29 is 4.79 Å². The first-order valence-electron chi connectivity index (χ1n) is 10.1. The Labute approximate surface area is 166 Å². The van der Waals surface area contributed by atoms with Gasteiger partial charge in [0.15, 0.2) is 0 Å². The van der Waals surface area contributed by atoms with Crippen molar-refractivity contribution in [2.45, 2.75) is 32.2 Å². The number of nitrogens with one attached hydrogen (secondary N) is 1. The fraction of sp³-hybridized carbons (Fsp3) is 0.391. The van der Waals surface area contributed by atoms with E-state index in [1.807, 2.05) is 48.4 Å². The number of piperidine rings is 1. The van der Waals surface area contributed by atoms with Crippen LogP contribution in [0.4, 0.5) is 0 Å². The molecular formula is C23H28N4O. The van der Waals surface area contributed by atoms with E-state index in [1.165, 1.54) is 0 Å². The van der Waals surface area contributed by atoms with E-state index in [0.29, 0.717) is 6.04 Å². The molecule has 3 aromatic rings. The van der Waals surface area contributed by atoms with E-state index in [-0.39, 0.29) is 5.91 Å². The third-order valence-electron chi connectivity index (χ3n) is 5.93. The molecule has 4 rings (SSSR count). The molecule has 1 aromatic carbocycles. The number of H-pyrrole nitrogens is 1. The predicted molar refractivity (Wildman–Crippen MR) is 113 cm³/mol. The lowest BCUT2D eigenvalue weighted by Crippen LogP contribution is -2.49. The van der Waals surface area contributed by atoms with E-state index < -0.39 is 0 Å². The minimum Gasteiger partial charge on any atom is -0.350 e. The summed E-state index contributed by atoms with van der Waals surface area (Å²) < 4.78 is 0. The number of aryl methyl sites for hydroxylation is 1. The molecule has 5 heteroatoms. The lowest BCUT2D eigenvalue weighted by atomic mass is 10.0. The van der Waals surface area contributed by atoms with E-state index in [4.69, 9.17) is 0 Å². The number of aromatic amines is 1. The highest BCUT2D eigenvalue weighted by Gasteiger charge is 2.28. The molecule has 146 valence electrons. The van der Waals surface area contributed by atoms with Crippen molar-refractivity contribution in [1.29, 1.82) is 0 Å². The van der Waals surface area contributed by atoms with Crippen LogP contribution >= 0.6 is 0 Å². The van der Waals surface area contributed by atoms with Crippen molar-refractivity contribution in [3.8, 4) is 0 Å². The number of hydrogen-bond acceptors (Lipinski definition) is 3. The molecule has 3 heterocycles. The molecule has 5 nitrogen and oxygen atoms in total. The number of likely N-dealkylation sites (N-methyl/N-ethyl adjacent to an activating group) is 1. The Hall–Kier alpha value is -2.66. The number of likely N-dealkylation sites (tertiary alicyclic amines) is 1. The van der Waals surface area contributed by atoms with E-state index >= 15 is 0 Å². The van der Waals surface area contributed by atoms with Crippen LogP contribution in [0.1, 0.15) is 34.6 Å². The molecule has 1 N–H and O–H groups in total. The topological polar surface area (TPSA) is 52.2 Å². The molecule has 0 bridgehead atoms. The highest BCUT2D eigenvalue weighted by atomic mass is 16.2. The van der Waals surface area contributed by atoms with Crippen molar-refractivity contribution in [3.63, 3.8) is 0 Å². The number of rotatable bonds is 5. The summed E-state index contributed by atoms with van der Waals surface area (Å²) in [5.41, 5.74) is 3.93. The lowest BCUT2D eigenvalue weighted by molar-refractivity contribution is 0.0606. The van der Waals surface area contributed by atoms with Gasteiger partial charge in [-0.2, -0.15) is 0 Å². The first-order valence-corrected chi connectivity index (χ1v) is 10.1. The zero-order chi connectivity index (χ0) is 19.5. The summed E-state index contributed by atoms with van der Waals surface area (Å²) in [4.78, 5) is 25.4. The molecule has 0 saturated carbocycles. The van der Waals surface area contributed by atoms with Gasteiger partial charge in [0.25, 0.3) is 5.91 Å². The SMILES string of the molecule is Cc1c(C(=O)N2CCC[C@@H](N(C)CCc3ccccn3)C2)[nH]c2ccccc12. The molecule has 0 spiro atoms. The second-order valence-electron chi connectivity index (χ2n) is 7.77. The monoisotopic (exact) mass is 376 g/mol. The summed E-state index contributed by atoms with van der Waals surface area (Å²) >= 11 is 0. The fourth-order valence-corrected chi connectivity index (χ4v) is 4.17. The Bertz CT molecular complexity index is 950. The number of amides is 1. The number of hydrogen-bond donors (Lipinski definition) is 1. The van der Waals surface area contributed by atoms with Crippen LogP contribution in [0.2, 0.25) is 0 Å². The first kappa shape index (κ1) is 18.7. The second-order valence-corrected chi connectivity index (χ2v) is 7.77. The fourth-order valence-electron chi connectivity index (χ4n) is 4.17. The van der Waals surface area contributed by atoms with Crippen LogP contribution in [-0.2, 0) is 6.42 Å². The van der Waals surface area contributed by atoms with Gasteiger partial charge in [0, 0.05) is 54.9 Å². The van der Waals surface area contributed by atoms with Crippen molar-refractivity contribution in [2.75, 3.05) is 26.7 Å². The molecule has 2 aromatic heterocycles. The number of carbonyl (C=O) groups is 1. The summed E-state index contributed by atoms with van der Waals surface area (Å²) in [6.45, 7) is 4.60. The van der Waals surface area contributed by atoms with Crippen molar-refractivity contribution >= 4 is 16.8 Å². The van der Waals surface area contributed by atoms with Crippen molar-refractivity contribution in [1.82, 2.24) is 19.8 Å². The summed E-state index contributed by atoms with van der Waals surface area (Å²) in [6, 6.07) is 14.6. The van der Waals surface area contributed by atoms with Gasteiger partial charge in [-0.05, 0) is 50.6 Å². The van der Waals surface area contributed by atoms with Crippen LogP contribution in [0.5, 0.6) is 0 Å². The summed E-state index contributed by atoms with van der Waals surface area (Å²) in [5, 5.41) is 1.13. The average molecular weight is 377 g/mol. The number of benzene rings is 1. The van der Waals surface area contributed by atoms with Gasteiger partial charge in [-0.15, -0.1) is 0 Å². The Morgan fingerprint density at radius 1 is 1.25 bits per heavy atom.